The van der Waals surface area contributed by atoms with Gasteiger partial charge in [-0.3, -0.25) is 9.59 Å². The monoisotopic (exact) mass is 613 g/mol. The molecule has 8 heteroatoms. The van der Waals surface area contributed by atoms with Gasteiger partial charge in [0.1, 0.15) is 17.7 Å². The number of nitrogens with one attached hydrogen (secondary N) is 2. The van der Waals surface area contributed by atoms with Crippen molar-refractivity contribution in [1.29, 1.82) is 0 Å². The van der Waals surface area contributed by atoms with Crippen LogP contribution in [0.4, 0.5) is 10.5 Å². The molecule has 0 aliphatic heterocycles. The Morgan fingerprint density at radius 1 is 0.930 bits per heavy atom. The van der Waals surface area contributed by atoms with Gasteiger partial charge < -0.3 is 20.3 Å². The fraction of sp³-hybridized carbons (Fsp3) is 0.571. The maximum absolute atomic E-state index is 14.6. The summed E-state index contributed by atoms with van der Waals surface area (Å²) >= 11 is 6.52. The number of hydrogen-bond donors (Lipinski definition) is 2. The molecule has 2 N–H and O–H groups in total. The Kier molecular flexibility index (Phi) is 14.0. The summed E-state index contributed by atoms with van der Waals surface area (Å²) < 4.78 is 5.54. The second-order valence-corrected chi connectivity index (χ2v) is 13.0. The molecule has 0 saturated carbocycles. The van der Waals surface area contributed by atoms with Gasteiger partial charge in [0, 0.05) is 6.54 Å². The van der Waals surface area contributed by atoms with Crippen molar-refractivity contribution in [1.82, 2.24) is 10.2 Å². The minimum atomic E-state index is -0.943. The van der Waals surface area contributed by atoms with E-state index in [1.165, 1.54) is 0 Å². The highest BCUT2D eigenvalue weighted by atomic mass is 35.5. The largest absolute Gasteiger partial charge is 0.444 e. The van der Waals surface area contributed by atoms with Gasteiger partial charge in [0.2, 0.25) is 5.91 Å². The van der Waals surface area contributed by atoms with E-state index in [2.05, 4.69) is 17.6 Å². The normalized spacial score (nSPS) is 13.5. The molecular weight excluding hydrogens is 562 g/mol. The number of unbranched alkanes of at least 4 members (excludes halogenated alkanes) is 4. The predicted octanol–water partition coefficient (Wildman–Crippen LogP) is 8.68. The Labute approximate surface area is 264 Å². The Bertz CT molecular complexity index is 1220. The molecule has 0 bridgehead atoms. The van der Waals surface area contributed by atoms with Gasteiger partial charge in [0.25, 0.3) is 5.91 Å². The summed E-state index contributed by atoms with van der Waals surface area (Å²) in [6.45, 7) is 17.6. The van der Waals surface area contributed by atoms with Crippen LogP contribution in [0.3, 0.4) is 0 Å². The number of halogens is 1. The number of amides is 3. The van der Waals surface area contributed by atoms with Crippen LogP contribution in [0, 0.1) is 26.7 Å². The second-order valence-electron chi connectivity index (χ2n) is 12.6. The third-order valence-corrected chi connectivity index (χ3v) is 8.22. The van der Waals surface area contributed by atoms with Crippen LogP contribution in [0.2, 0.25) is 5.02 Å². The van der Waals surface area contributed by atoms with Crippen molar-refractivity contribution in [3.8, 4) is 0 Å². The van der Waals surface area contributed by atoms with E-state index in [4.69, 9.17) is 16.3 Å². The van der Waals surface area contributed by atoms with Crippen LogP contribution in [0.15, 0.2) is 36.4 Å². The highest BCUT2D eigenvalue weighted by Crippen LogP contribution is 2.32. The zero-order chi connectivity index (χ0) is 32.3. The van der Waals surface area contributed by atoms with Crippen LogP contribution < -0.4 is 10.6 Å². The van der Waals surface area contributed by atoms with Crippen molar-refractivity contribution in [3.63, 3.8) is 0 Å². The number of carbonyl (C=O) groups excluding carboxylic acids is 3. The van der Waals surface area contributed by atoms with Crippen molar-refractivity contribution in [2.24, 2.45) is 5.92 Å². The molecule has 43 heavy (non-hydrogen) atoms. The molecule has 7 nitrogen and oxygen atoms in total. The molecule has 3 atom stereocenters. The summed E-state index contributed by atoms with van der Waals surface area (Å²) in [5.74, 6) is -0.865. The number of ether oxygens (including phenoxy) is 1. The molecule has 0 aliphatic carbocycles. The lowest BCUT2D eigenvalue weighted by atomic mass is 9.92. The number of para-hydroxylation sites is 1. The maximum Gasteiger partial charge on any atom is 0.408 e. The Morgan fingerprint density at radius 3 is 2.16 bits per heavy atom. The van der Waals surface area contributed by atoms with E-state index in [1.807, 2.05) is 65.0 Å². The summed E-state index contributed by atoms with van der Waals surface area (Å²) in [7, 11) is 0. The Balaban J connectivity index is 2.65. The highest BCUT2D eigenvalue weighted by molar-refractivity contribution is 6.34. The minimum Gasteiger partial charge on any atom is -0.444 e. The topological polar surface area (TPSA) is 87.7 Å². The molecule has 2 aromatic rings. The lowest BCUT2D eigenvalue weighted by Gasteiger charge is -2.37. The average Bonchev–Trinajstić information content (AvgIpc) is 2.93. The molecule has 0 heterocycles. The number of alkyl carbamates (subject to hydrolysis) is 1. The molecule has 2 aromatic carbocycles. The Morgan fingerprint density at radius 2 is 1.56 bits per heavy atom. The number of anilines is 1. The van der Waals surface area contributed by atoms with Crippen LogP contribution in [-0.4, -0.2) is 41.0 Å². The van der Waals surface area contributed by atoms with Crippen LogP contribution in [-0.2, 0) is 14.3 Å². The van der Waals surface area contributed by atoms with Gasteiger partial charge in [-0.1, -0.05) is 94.8 Å². The highest BCUT2D eigenvalue weighted by Gasteiger charge is 2.38. The van der Waals surface area contributed by atoms with Crippen molar-refractivity contribution in [2.75, 3.05) is 11.9 Å². The van der Waals surface area contributed by atoms with Crippen LogP contribution in [0.5, 0.6) is 0 Å². The smallest absolute Gasteiger partial charge is 0.408 e. The fourth-order valence-corrected chi connectivity index (χ4v) is 5.32. The van der Waals surface area contributed by atoms with Crippen molar-refractivity contribution >= 4 is 35.2 Å². The number of aryl methyl sites for hydroxylation is 2. The Hall–Kier alpha value is -3.06. The van der Waals surface area contributed by atoms with Gasteiger partial charge in [-0.2, -0.15) is 0 Å². The van der Waals surface area contributed by atoms with E-state index < -0.39 is 23.8 Å². The van der Waals surface area contributed by atoms with Gasteiger partial charge in [-0.25, -0.2) is 4.79 Å². The first kappa shape index (κ1) is 36.1. The van der Waals surface area contributed by atoms with Crippen LogP contribution >= 0.6 is 11.6 Å². The van der Waals surface area contributed by atoms with Crippen LogP contribution in [0.25, 0.3) is 0 Å². The molecule has 0 fully saturated rings. The van der Waals surface area contributed by atoms with E-state index in [-0.39, 0.29) is 17.7 Å². The lowest BCUT2D eigenvalue weighted by molar-refractivity contribution is -0.142. The molecule has 0 saturated heterocycles. The number of nitrogens with zero attached hydrogens (tertiary/aromatic N) is 1. The lowest BCUT2D eigenvalue weighted by Crippen LogP contribution is -2.55. The first-order chi connectivity index (χ1) is 20.2. The summed E-state index contributed by atoms with van der Waals surface area (Å²) in [5, 5.41) is 6.32. The summed E-state index contributed by atoms with van der Waals surface area (Å²) in [5.41, 5.74) is 3.31. The first-order valence-electron chi connectivity index (χ1n) is 15.6. The van der Waals surface area contributed by atoms with Crippen molar-refractivity contribution in [2.45, 2.75) is 119 Å². The number of carbonyl (C=O) groups is 3. The van der Waals surface area contributed by atoms with E-state index in [0.717, 1.165) is 54.4 Å². The number of hydrogen-bond acceptors (Lipinski definition) is 4. The third-order valence-electron chi connectivity index (χ3n) is 7.91. The van der Waals surface area contributed by atoms with Crippen molar-refractivity contribution in [3.05, 3.63) is 63.7 Å². The van der Waals surface area contributed by atoms with Gasteiger partial charge >= 0.3 is 6.09 Å². The van der Waals surface area contributed by atoms with Crippen molar-refractivity contribution < 1.29 is 19.1 Å². The predicted molar refractivity (Wildman–Crippen MR) is 177 cm³/mol. The quantitative estimate of drug-likeness (QED) is 0.209. The maximum atomic E-state index is 14.6. The van der Waals surface area contributed by atoms with Gasteiger partial charge in [-0.15, -0.1) is 0 Å². The van der Waals surface area contributed by atoms with Crippen LogP contribution in [0.1, 0.15) is 108 Å². The average molecular weight is 614 g/mol. The minimum absolute atomic E-state index is 0.198. The standard InChI is InChI=1S/C35H52ClN3O4/c1-10-12-13-14-15-22-39(33(41)30(23(3)11-2)38-34(42)43-35(7,8)9)31(27-20-16-18-24(4)26(27)6)32(40)37-29-25(5)19-17-21-28(29)36/h16-21,23,30-31H,10-15,22H2,1-9H3,(H,37,40)(H,38,42). The second kappa shape index (κ2) is 16.7. The summed E-state index contributed by atoms with van der Waals surface area (Å²) in [6.07, 6.45) is 4.90. The molecule has 3 amide bonds. The van der Waals surface area contributed by atoms with Gasteiger partial charge in [0.15, 0.2) is 0 Å². The molecule has 3 unspecified atom stereocenters. The molecule has 0 radical (unpaired) electrons. The fourth-order valence-electron chi connectivity index (χ4n) is 5.05. The first-order valence-corrected chi connectivity index (χ1v) is 16.0. The van der Waals surface area contributed by atoms with Gasteiger partial charge in [0.05, 0.1) is 10.7 Å². The third kappa shape index (κ3) is 10.6. The molecule has 238 valence electrons. The van der Waals surface area contributed by atoms with Gasteiger partial charge in [-0.05, 0) is 82.2 Å². The molecule has 0 spiro atoms. The summed E-state index contributed by atoms with van der Waals surface area (Å²) in [4.78, 5) is 43.6. The molecule has 0 aromatic heterocycles. The van der Waals surface area contributed by atoms with E-state index in [0.29, 0.717) is 23.7 Å². The number of rotatable bonds is 14. The zero-order valence-corrected chi connectivity index (χ0v) is 28.4. The SMILES string of the molecule is CCCCCCCN(C(=O)C(NC(=O)OC(C)(C)C)C(C)CC)C(C(=O)Nc1c(C)cccc1Cl)c1cccc(C)c1C. The molecule has 0 aliphatic rings. The number of benzene rings is 2. The molecule has 2 rings (SSSR count). The zero-order valence-electron chi connectivity index (χ0n) is 27.6. The van der Waals surface area contributed by atoms with E-state index in [1.54, 1.807) is 31.7 Å². The van der Waals surface area contributed by atoms with E-state index in [9.17, 15) is 14.4 Å². The van der Waals surface area contributed by atoms with E-state index >= 15 is 0 Å². The molecular formula is C35H52ClN3O4. The summed E-state index contributed by atoms with van der Waals surface area (Å²) in [6, 6.07) is 9.44.